The zero-order valence-electron chi connectivity index (χ0n) is 12.1. The van der Waals surface area contributed by atoms with Crippen LogP contribution in [0.1, 0.15) is 38.6 Å². The first-order chi connectivity index (χ1) is 8.97. The predicted octanol–water partition coefficient (Wildman–Crippen LogP) is 1.53. The molecule has 0 aliphatic rings. The van der Waals surface area contributed by atoms with E-state index in [4.69, 9.17) is 10.5 Å². The normalized spacial score (nSPS) is 13.7. The molecular formula is C14H23N3O2. The number of ether oxygens (including phenoxy) is 1. The Bertz CT molecular complexity index is 435. The van der Waals surface area contributed by atoms with Crippen LogP contribution in [0.2, 0.25) is 0 Å². The standard InChI is InChI=1S/C14H23N3O2/c1-5-9(2)17-14(18)11(4)19-13-7-6-10(3)16-12(13)8-15/h6-7,9,11H,5,8,15H2,1-4H3,(H,17,18). The van der Waals surface area contributed by atoms with Gasteiger partial charge in [0.15, 0.2) is 6.10 Å². The van der Waals surface area contributed by atoms with Crippen molar-refractivity contribution in [2.24, 2.45) is 5.73 Å². The smallest absolute Gasteiger partial charge is 0.260 e. The van der Waals surface area contributed by atoms with E-state index in [0.29, 0.717) is 11.4 Å². The van der Waals surface area contributed by atoms with Crippen LogP contribution in [-0.2, 0) is 11.3 Å². The molecule has 0 aliphatic heterocycles. The molecule has 0 radical (unpaired) electrons. The zero-order valence-corrected chi connectivity index (χ0v) is 12.1. The van der Waals surface area contributed by atoms with Gasteiger partial charge in [-0.2, -0.15) is 0 Å². The highest BCUT2D eigenvalue weighted by Crippen LogP contribution is 2.18. The summed E-state index contributed by atoms with van der Waals surface area (Å²) in [5, 5.41) is 2.88. The topological polar surface area (TPSA) is 77.2 Å². The number of nitrogens with two attached hydrogens (primary N) is 1. The lowest BCUT2D eigenvalue weighted by atomic mass is 10.2. The molecule has 0 bridgehead atoms. The second kappa shape index (κ2) is 7.09. The van der Waals surface area contributed by atoms with Crippen molar-refractivity contribution in [2.45, 2.75) is 52.8 Å². The average Bonchev–Trinajstić information content (AvgIpc) is 2.40. The number of hydrogen-bond donors (Lipinski definition) is 2. The summed E-state index contributed by atoms with van der Waals surface area (Å²) >= 11 is 0. The molecule has 0 aliphatic carbocycles. The first-order valence-electron chi connectivity index (χ1n) is 6.61. The van der Waals surface area contributed by atoms with Crippen LogP contribution in [0, 0.1) is 6.92 Å². The molecule has 1 heterocycles. The number of aromatic nitrogens is 1. The highest BCUT2D eigenvalue weighted by molar-refractivity contribution is 5.80. The summed E-state index contributed by atoms with van der Waals surface area (Å²) in [6.45, 7) is 7.88. The fraction of sp³-hybridized carbons (Fsp3) is 0.571. The van der Waals surface area contributed by atoms with Crippen molar-refractivity contribution < 1.29 is 9.53 Å². The van der Waals surface area contributed by atoms with Crippen LogP contribution >= 0.6 is 0 Å². The molecule has 0 saturated heterocycles. The highest BCUT2D eigenvalue weighted by atomic mass is 16.5. The Morgan fingerprint density at radius 3 is 2.74 bits per heavy atom. The zero-order chi connectivity index (χ0) is 14.4. The van der Waals surface area contributed by atoms with Crippen molar-refractivity contribution in [3.8, 4) is 5.75 Å². The minimum Gasteiger partial charge on any atom is -0.479 e. The number of nitrogens with zero attached hydrogens (tertiary/aromatic N) is 1. The van der Waals surface area contributed by atoms with Gasteiger partial charge in [0.1, 0.15) is 5.75 Å². The van der Waals surface area contributed by atoms with Crippen molar-refractivity contribution in [3.05, 3.63) is 23.5 Å². The van der Waals surface area contributed by atoms with Gasteiger partial charge in [-0.25, -0.2) is 0 Å². The molecule has 5 heteroatoms. The van der Waals surface area contributed by atoms with Crippen LogP contribution in [-0.4, -0.2) is 23.0 Å². The van der Waals surface area contributed by atoms with Gasteiger partial charge < -0.3 is 15.8 Å². The quantitative estimate of drug-likeness (QED) is 0.817. The first-order valence-corrected chi connectivity index (χ1v) is 6.61. The van der Waals surface area contributed by atoms with E-state index in [1.807, 2.05) is 26.8 Å². The van der Waals surface area contributed by atoms with Gasteiger partial charge in [0, 0.05) is 18.3 Å². The van der Waals surface area contributed by atoms with E-state index in [0.717, 1.165) is 12.1 Å². The van der Waals surface area contributed by atoms with Gasteiger partial charge in [-0.1, -0.05) is 6.92 Å². The molecule has 2 unspecified atom stereocenters. The van der Waals surface area contributed by atoms with Gasteiger partial charge in [-0.15, -0.1) is 0 Å². The predicted molar refractivity (Wildman–Crippen MR) is 74.9 cm³/mol. The van der Waals surface area contributed by atoms with E-state index in [2.05, 4.69) is 10.3 Å². The van der Waals surface area contributed by atoms with Crippen molar-refractivity contribution >= 4 is 5.91 Å². The summed E-state index contributed by atoms with van der Waals surface area (Å²) in [6, 6.07) is 3.79. The lowest BCUT2D eigenvalue weighted by molar-refractivity contribution is -0.127. The Morgan fingerprint density at radius 2 is 2.16 bits per heavy atom. The molecule has 3 N–H and O–H groups in total. The number of nitrogens with one attached hydrogen (secondary N) is 1. The largest absolute Gasteiger partial charge is 0.479 e. The lowest BCUT2D eigenvalue weighted by Crippen LogP contribution is -2.41. The van der Waals surface area contributed by atoms with Crippen LogP contribution in [0.4, 0.5) is 0 Å². The van der Waals surface area contributed by atoms with Gasteiger partial charge in [0.2, 0.25) is 0 Å². The monoisotopic (exact) mass is 265 g/mol. The van der Waals surface area contributed by atoms with E-state index in [9.17, 15) is 4.79 Å². The molecule has 0 spiro atoms. The molecule has 19 heavy (non-hydrogen) atoms. The molecule has 0 saturated carbocycles. The molecule has 1 aromatic heterocycles. The Balaban J connectivity index is 2.71. The maximum Gasteiger partial charge on any atom is 0.260 e. The molecule has 5 nitrogen and oxygen atoms in total. The third-order valence-corrected chi connectivity index (χ3v) is 2.94. The van der Waals surface area contributed by atoms with Crippen LogP contribution in [0.15, 0.2) is 12.1 Å². The lowest BCUT2D eigenvalue weighted by Gasteiger charge is -2.19. The maximum absolute atomic E-state index is 11.9. The molecule has 2 atom stereocenters. The number of pyridine rings is 1. The molecular weight excluding hydrogens is 242 g/mol. The summed E-state index contributed by atoms with van der Waals surface area (Å²) in [7, 11) is 0. The van der Waals surface area contributed by atoms with E-state index in [-0.39, 0.29) is 18.5 Å². The summed E-state index contributed by atoms with van der Waals surface area (Å²) < 4.78 is 5.64. The van der Waals surface area contributed by atoms with Crippen molar-refractivity contribution in [1.29, 1.82) is 0 Å². The summed E-state index contributed by atoms with van der Waals surface area (Å²) in [5.74, 6) is 0.442. The fourth-order valence-electron chi connectivity index (χ4n) is 1.56. The Hall–Kier alpha value is -1.62. The Morgan fingerprint density at radius 1 is 1.47 bits per heavy atom. The number of amides is 1. The molecule has 1 rings (SSSR count). The second-order valence-electron chi connectivity index (χ2n) is 4.68. The van der Waals surface area contributed by atoms with Gasteiger partial charge in [-0.3, -0.25) is 9.78 Å². The second-order valence-corrected chi connectivity index (χ2v) is 4.68. The number of hydrogen-bond acceptors (Lipinski definition) is 4. The highest BCUT2D eigenvalue weighted by Gasteiger charge is 2.17. The van der Waals surface area contributed by atoms with Crippen LogP contribution in [0.3, 0.4) is 0 Å². The first kappa shape index (κ1) is 15.4. The maximum atomic E-state index is 11.9. The van der Waals surface area contributed by atoms with Crippen molar-refractivity contribution in [1.82, 2.24) is 10.3 Å². The van der Waals surface area contributed by atoms with Crippen LogP contribution < -0.4 is 15.8 Å². The van der Waals surface area contributed by atoms with Crippen LogP contribution in [0.25, 0.3) is 0 Å². The fourth-order valence-corrected chi connectivity index (χ4v) is 1.56. The molecule has 106 valence electrons. The summed E-state index contributed by atoms with van der Waals surface area (Å²) in [4.78, 5) is 16.2. The third-order valence-electron chi connectivity index (χ3n) is 2.94. The molecule has 1 amide bonds. The van der Waals surface area contributed by atoms with E-state index in [1.165, 1.54) is 0 Å². The van der Waals surface area contributed by atoms with Crippen molar-refractivity contribution in [3.63, 3.8) is 0 Å². The van der Waals surface area contributed by atoms with Gasteiger partial charge in [-0.05, 0) is 39.3 Å². The average molecular weight is 265 g/mol. The number of carbonyl (C=O) groups is 1. The van der Waals surface area contributed by atoms with E-state index in [1.54, 1.807) is 13.0 Å². The summed E-state index contributed by atoms with van der Waals surface area (Å²) in [6.07, 6.45) is 0.322. The summed E-state index contributed by atoms with van der Waals surface area (Å²) in [5.41, 5.74) is 7.18. The Labute approximate surface area is 114 Å². The molecule has 1 aromatic rings. The number of rotatable bonds is 6. The number of aryl methyl sites for hydroxylation is 1. The van der Waals surface area contributed by atoms with E-state index < -0.39 is 6.10 Å². The van der Waals surface area contributed by atoms with Crippen LogP contribution in [0.5, 0.6) is 5.75 Å². The molecule has 0 aromatic carbocycles. The van der Waals surface area contributed by atoms with Gasteiger partial charge in [0.25, 0.3) is 5.91 Å². The van der Waals surface area contributed by atoms with Crippen molar-refractivity contribution in [2.75, 3.05) is 0 Å². The third kappa shape index (κ3) is 4.52. The number of carbonyl (C=O) groups excluding carboxylic acids is 1. The Kier molecular flexibility index (Phi) is 5.76. The molecule has 0 fully saturated rings. The van der Waals surface area contributed by atoms with E-state index >= 15 is 0 Å². The minimum absolute atomic E-state index is 0.127. The SMILES string of the molecule is CCC(C)NC(=O)C(C)Oc1ccc(C)nc1CN. The minimum atomic E-state index is -0.566. The van der Waals surface area contributed by atoms with Gasteiger partial charge in [0.05, 0.1) is 5.69 Å². The van der Waals surface area contributed by atoms with Gasteiger partial charge >= 0.3 is 0 Å².